The standard InChI is InChI=1S/C11H17NO3/c1-9-8-10(14)12(11(9)15)6-4-2-3-5-7-13/h8,13H,2-7H2,1H3. The third kappa shape index (κ3) is 3.16. The van der Waals surface area contributed by atoms with Gasteiger partial charge in [-0.2, -0.15) is 0 Å². The van der Waals surface area contributed by atoms with E-state index in [2.05, 4.69) is 0 Å². The smallest absolute Gasteiger partial charge is 0.256 e. The van der Waals surface area contributed by atoms with Crippen molar-refractivity contribution < 1.29 is 14.7 Å². The molecule has 0 unspecified atom stereocenters. The predicted molar refractivity (Wildman–Crippen MR) is 56.0 cm³/mol. The quantitative estimate of drug-likeness (QED) is 0.523. The summed E-state index contributed by atoms with van der Waals surface area (Å²) in [6.07, 6.45) is 4.88. The van der Waals surface area contributed by atoms with Gasteiger partial charge in [-0.1, -0.05) is 12.8 Å². The lowest BCUT2D eigenvalue weighted by atomic mass is 10.2. The van der Waals surface area contributed by atoms with Crippen molar-refractivity contribution in [2.75, 3.05) is 13.2 Å². The van der Waals surface area contributed by atoms with E-state index in [1.54, 1.807) is 6.92 Å². The van der Waals surface area contributed by atoms with Crippen LogP contribution in [0.2, 0.25) is 0 Å². The van der Waals surface area contributed by atoms with Crippen molar-refractivity contribution in [3.63, 3.8) is 0 Å². The maximum absolute atomic E-state index is 11.4. The van der Waals surface area contributed by atoms with Crippen molar-refractivity contribution in [1.29, 1.82) is 0 Å². The van der Waals surface area contributed by atoms with Gasteiger partial charge >= 0.3 is 0 Å². The van der Waals surface area contributed by atoms with E-state index in [1.807, 2.05) is 0 Å². The van der Waals surface area contributed by atoms with Crippen molar-refractivity contribution in [2.45, 2.75) is 32.6 Å². The van der Waals surface area contributed by atoms with Gasteiger partial charge in [0.1, 0.15) is 0 Å². The monoisotopic (exact) mass is 211 g/mol. The van der Waals surface area contributed by atoms with Gasteiger partial charge in [0.15, 0.2) is 0 Å². The van der Waals surface area contributed by atoms with Gasteiger partial charge in [-0.3, -0.25) is 14.5 Å². The van der Waals surface area contributed by atoms with Crippen molar-refractivity contribution in [3.05, 3.63) is 11.6 Å². The lowest BCUT2D eigenvalue weighted by molar-refractivity contribution is -0.137. The SMILES string of the molecule is CC1=CC(=O)N(CCCCCCO)C1=O. The van der Waals surface area contributed by atoms with Crippen LogP contribution in [0.25, 0.3) is 0 Å². The summed E-state index contributed by atoms with van der Waals surface area (Å²) >= 11 is 0. The van der Waals surface area contributed by atoms with Gasteiger partial charge in [0.25, 0.3) is 11.8 Å². The zero-order valence-electron chi connectivity index (χ0n) is 9.03. The van der Waals surface area contributed by atoms with Crippen LogP contribution >= 0.6 is 0 Å². The van der Waals surface area contributed by atoms with E-state index in [4.69, 9.17) is 5.11 Å². The van der Waals surface area contributed by atoms with E-state index in [9.17, 15) is 9.59 Å². The molecule has 0 aromatic heterocycles. The molecule has 0 fully saturated rings. The maximum Gasteiger partial charge on any atom is 0.256 e. The Balaban J connectivity index is 2.23. The summed E-state index contributed by atoms with van der Waals surface area (Å²) in [6.45, 7) is 2.37. The highest BCUT2D eigenvalue weighted by Crippen LogP contribution is 2.13. The van der Waals surface area contributed by atoms with E-state index in [0.29, 0.717) is 12.1 Å². The van der Waals surface area contributed by atoms with Gasteiger partial charge in [0.05, 0.1) is 0 Å². The normalized spacial score (nSPS) is 16.1. The minimum Gasteiger partial charge on any atom is -0.396 e. The van der Waals surface area contributed by atoms with Gasteiger partial charge in [-0.25, -0.2) is 0 Å². The van der Waals surface area contributed by atoms with Crippen LogP contribution in [0.1, 0.15) is 32.6 Å². The number of nitrogens with zero attached hydrogens (tertiary/aromatic N) is 1. The molecule has 1 N–H and O–H groups in total. The average molecular weight is 211 g/mol. The van der Waals surface area contributed by atoms with Crippen molar-refractivity contribution in [3.8, 4) is 0 Å². The molecule has 0 atom stereocenters. The number of rotatable bonds is 6. The molecule has 0 saturated carbocycles. The number of unbranched alkanes of at least 4 members (excludes halogenated alkanes) is 3. The highest BCUT2D eigenvalue weighted by atomic mass is 16.3. The fourth-order valence-electron chi connectivity index (χ4n) is 1.58. The van der Waals surface area contributed by atoms with Crippen molar-refractivity contribution in [1.82, 2.24) is 4.90 Å². The number of hydrogen-bond acceptors (Lipinski definition) is 3. The van der Waals surface area contributed by atoms with E-state index < -0.39 is 0 Å². The second kappa shape index (κ2) is 5.66. The van der Waals surface area contributed by atoms with Crippen molar-refractivity contribution >= 4 is 11.8 Å². The molecule has 15 heavy (non-hydrogen) atoms. The summed E-state index contributed by atoms with van der Waals surface area (Å²) in [5.74, 6) is -0.359. The highest BCUT2D eigenvalue weighted by molar-refractivity contribution is 6.15. The zero-order valence-corrected chi connectivity index (χ0v) is 9.03. The molecule has 2 amide bonds. The van der Waals surface area contributed by atoms with Gasteiger partial charge in [-0.15, -0.1) is 0 Å². The lowest BCUT2D eigenvalue weighted by Crippen LogP contribution is -2.31. The zero-order chi connectivity index (χ0) is 11.3. The summed E-state index contributed by atoms with van der Waals surface area (Å²) < 4.78 is 0. The molecule has 1 aliphatic heterocycles. The summed E-state index contributed by atoms with van der Waals surface area (Å²) in [6, 6.07) is 0. The first kappa shape index (κ1) is 11.9. The molecule has 0 aromatic carbocycles. The second-order valence-corrected chi connectivity index (χ2v) is 3.76. The minimum atomic E-state index is -0.195. The largest absolute Gasteiger partial charge is 0.396 e. The van der Waals surface area contributed by atoms with Crippen LogP contribution in [0, 0.1) is 0 Å². The van der Waals surface area contributed by atoms with Crippen LogP contribution in [-0.2, 0) is 9.59 Å². The van der Waals surface area contributed by atoms with E-state index >= 15 is 0 Å². The van der Waals surface area contributed by atoms with Crippen molar-refractivity contribution in [2.24, 2.45) is 0 Å². The number of aliphatic hydroxyl groups is 1. The molecule has 0 aliphatic carbocycles. The third-order valence-corrected chi connectivity index (χ3v) is 2.48. The predicted octanol–water partition coefficient (Wildman–Crippen LogP) is 0.854. The molecule has 0 aromatic rings. The Morgan fingerprint density at radius 3 is 2.40 bits per heavy atom. The number of carbonyl (C=O) groups is 2. The van der Waals surface area contributed by atoms with Crippen LogP contribution in [0.4, 0.5) is 0 Å². The Morgan fingerprint density at radius 2 is 1.87 bits per heavy atom. The Bertz CT molecular complexity index is 284. The number of amides is 2. The van der Waals surface area contributed by atoms with Crippen LogP contribution in [0.3, 0.4) is 0 Å². The van der Waals surface area contributed by atoms with E-state index in [-0.39, 0.29) is 18.4 Å². The summed E-state index contributed by atoms with van der Waals surface area (Å²) in [5.41, 5.74) is 0.523. The molecule has 0 radical (unpaired) electrons. The summed E-state index contributed by atoms with van der Waals surface area (Å²) in [4.78, 5) is 24.0. The first-order valence-corrected chi connectivity index (χ1v) is 5.32. The molecule has 0 bridgehead atoms. The molecule has 1 heterocycles. The fraction of sp³-hybridized carbons (Fsp3) is 0.636. The number of aliphatic hydroxyl groups excluding tert-OH is 1. The summed E-state index contributed by atoms with van der Waals surface area (Å²) in [7, 11) is 0. The Kier molecular flexibility index (Phi) is 4.49. The second-order valence-electron chi connectivity index (χ2n) is 3.76. The number of hydrogen-bond donors (Lipinski definition) is 1. The average Bonchev–Trinajstić information content (AvgIpc) is 2.44. The molecular weight excluding hydrogens is 194 g/mol. The van der Waals surface area contributed by atoms with Crippen LogP contribution < -0.4 is 0 Å². The first-order valence-electron chi connectivity index (χ1n) is 5.32. The Labute approximate surface area is 89.6 Å². The van der Waals surface area contributed by atoms with Gasteiger partial charge in [0, 0.05) is 24.8 Å². The maximum atomic E-state index is 11.4. The van der Waals surface area contributed by atoms with E-state index in [0.717, 1.165) is 25.7 Å². The van der Waals surface area contributed by atoms with Crippen LogP contribution in [0.15, 0.2) is 11.6 Å². The molecule has 0 spiro atoms. The Hall–Kier alpha value is -1.16. The summed E-state index contributed by atoms with van der Waals surface area (Å²) in [5, 5.41) is 8.57. The third-order valence-electron chi connectivity index (χ3n) is 2.48. The molecule has 84 valence electrons. The molecule has 1 rings (SSSR count). The topological polar surface area (TPSA) is 57.6 Å². The van der Waals surface area contributed by atoms with Gasteiger partial charge in [0.2, 0.25) is 0 Å². The van der Waals surface area contributed by atoms with Crippen LogP contribution in [-0.4, -0.2) is 35.0 Å². The molecule has 1 aliphatic rings. The lowest BCUT2D eigenvalue weighted by Gasteiger charge is -2.13. The Morgan fingerprint density at radius 1 is 1.20 bits per heavy atom. The molecule has 0 saturated heterocycles. The molecule has 4 heteroatoms. The van der Waals surface area contributed by atoms with Gasteiger partial charge < -0.3 is 5.11 Å². The number of imide groups is 1. The van der Waals surface area contributed by atoms with E-state index in [1.165, 1.54) is 11.0 Å². The molecule has 4 nitrogen and oxygen atoms in total. The number of carbonyl (C=O) groups excluding carboxylic acids is 2. The first-order chi connectivity index (χ1) is 7.16. The van der Waals surface area contributed by atoms with Gasteiger partial charge in [-0.05, 0) is 19.8 Å². The fourth-order valence-corrected chi connectivity index (χ4v) is 1.58. The molecular formula is C11H17NO3. The van der Waals surface area contributed by atoms with Crippen LogP contribution in [0.5, 0.6) is 0 Å². The highest BCUT2D eigenvalue weighted by Gasteiger charge is 2.27. The minimum absolute atomic E-state index is 0.165.